The van der Waals surface area contributed by atoms with Crippen LogP contribution in [-0.4, -0.2) is 29.8 Å². The van der Waals surface area contributed by atoms with Gasteiger partial charge in [0.1, 0.15) is 0 Å². The molecule has 1 saturated heterocycles. The van der Waals surface area contributed by atoms with Crippen molar-refractivity contribution >= 4 is 45.0 Å². The first-order chi connectivity index (χ1) is 13.6. The molecule has 1 aliphatic heterocycles. The van der Waals surface area contributed by atoms with E-state index in [4.69, 9.17) is 11.6 Å². The van der Waals surface area contributed by atoms with Crippen LogP contribution in [-0.2, 0) is 11.0 Å². The first kappa shape index (κ1) is 21.6. The molecule has 2 amide bonds. The van der Waals surface area contributed by atoms with Gasteiger partial charge in [-0.25, -0.2) is 0 Å². The highest BCUT2D eigenvalue weighted by atomic mass is 79.9. The van der Waals surface area contributed by atoms with Crippen molar-refractivity contribution in [2.24, 2.45) is 5.92 Å². The number of alkyl halides is 3. The van der Waals surface area contributed by atoms with Gasteiger partial charge in [0.05, 0.1) is 16.3 Å². The Morgan fingerprint density at radius 2 is 1.69 bits per heavy atom. The molecule has 1 heterocycles. The van der Waals surface area contributed by atoms with E-state index in [-0.39, 0.29) is 23.3 Å². The first-order valence-corrected chi connectivity index (χ1v) is 10.0. The van der Waals surface area contributed by atoms with Crippen LogP contribution in [0.3, 0.4) is 0 Å². The van der Waals surface area contributed by atoms with E-state index in [1.165, 1.54) is 12.1 Å². The lowest BCUT2D eigenvalue weighted by atomic mass is 9.95. The Bertz CT molecular complexity index is 911. The van der Waals surface area contributed by atoms with Crippen molar-refractivity contribution in [3.05, 3.63) is 63.1 Å². The Morgan fingerprint density at radius 3 is 2.24 bits per heavy atom. The first-order valence-electron chi connectivity index (χ1n) is 8.87. The van der Waals surface area contributed by atoms with E-state index in [2.05, 4.69) is 21.2 Å². The van der Waals surface area contributed by atoms with Crippen molar-refractivity contribution in [2.45, 2.75) is 19.0 Å². The molecule has 9 heteroatoms. The summed E-state index contributed by atoms with van der Waals surface area (Å²) in [5.41, 5.74) is -0.0818. The number of anilines is 1. The maximum absolute atomic E-state index is 12.7. The Labute approximate surface area is 179 Å². The molecular formula is C20H17BrClF3N2O2. The highest BCUT2D eigenvalue weighted by Gasteiger charge is 2.31. The molecule has 2 aromatic rings. The van der Waals surface area contributed by atoms with Crippen molar-refractivity contribution < 1.29 is 22.8 Å². The summed E-state index contributed by atoms with van der Waals surface area (Å²) in [5, 5.41) is 3.22. The highest BCUT2D eigenvalue weighted by Crippen LogP contribution is 2.30. The molecule has 0 atom stereocenters. The number of piperidine rings is 1. The fourth-order valence-corrected chi connectivity index (χ4v) is 3.88. The number of halogens is 5. The predicted molar refractivity (Wildman–Crippen MR) is 108 cm³/mol. The van der Waals surface area contributed by atoms with Gasteiger partial charge < -0.3 is 10.2 Å². The van der Waals surface area contributed by atoms with Gasteiger partial charge in [-0.3, -0.25) is 9.59 Å². The highest BCUT2D eigenvalue weighted by molar-refractivity contribution is 9.10. The number of rotatable bonds is 3. The SMILES string of the molecule is O=C(Nc1ccc(Br)cc1Cl)C1CCN(C(=O)c2ccc(C(F)(F)F)cc2)CC1. The standard InChI is InChI=1S/C20H17BrClF3N2O2/c21-15-5-6-17(16(22)11-15)26-18(28)12-7-9-27(10-8-12)19(29)13-1-3-14(4-2-13)20(23,24)25/h1-6,11-12H,7-10H2,(H,26,28). The van der Waals surface area contributed by atoms with Crippen LogP contribution in [0.15, 0.2) is 46.9 Å². The van der Waals surface area contributed by atoms with Crippen LogP contribution in [0, 0.1) is 5.92 Å². The summed E-state index contributed by atoms with van der Waals surface area (Å²) >= 11 is 9.42. The average Bonchev–Trinajstić information content (AvgIpc) is 2.69. The average molecular weight is 490 g/mol. The quantitative estimate of drug-likeness (QED) is 0.609. The second-order valence-electron chi connectivity index (χ2n) is 6.76. The lowest BCUT2D eigenvalue weighted by Gasteiger charge is -2.31. The van der Waals surface area contributed by atoms with Crippen LogP contribution in [0.2, 0.25) is 5.02 Å². The summed E-state index contributed by atoms with van der Waals surface area (Å²) in [4.78, 5) is 26.6. The molecule has 0 aliphatic carbocycles. The fourth-order valence-electron chi connectivity index (χ4n) is 3.15. The Balaban J connectivity index is 1.57. The van der Waals surface area contributed by atoms with Gasteiger partial charge in [-0.2, -0.15) is 13.2 Å². The number of carbonyl (C=O) groups is 2. The third-order valence-electron chi connectivity index (χ3n) is 4.80. The van der Waals surface area contributed by atoms with Crippen LogP contribution in [0.25, 0.3) is 0 Å². The monoisotopic (exact) mass is 488 g/mol. The zero-order chi connectivity index (χ0) is 21.2. The van der Waals surface area contributed by atoms with Crippen LogP contribution in [0.4, 0.5) is 18.9 Å². The molecule has 1 fully saturated rings. The molecule has 0 aromatic heterocycles. The van der Waals surface area contributed by atoms with Gasteiger partial charge in [0, 0.05) is 29.0 Å². The maximum atomic E-state index is 12.7. The third-order valence-corrected chi connectivity index (χ3v) is 5.61. The number of hydrogen-bond acceptors (Lipinski definition) is 2. The molecule has 1 N–H and O–H groups in total. The van der Waals surface area contributed by atoms with Crippen LogP contribution < -0.4 is 5.32 Å². The van der Waals surface area contributed by atoms with Crippen molar-refractivity contribution in [1.82, 2.24) is 4.90 Å². The second kappa shape index (κ2) is 8.75. The summed E-state index contributed by atoms with van der Waals surface area (Å²) in [7, 11) is 0. The lowest BCUT2D eigenvalue weighted by Crippen LogP contribution is -2.41. The Morgan fingerprint density at radius 1 is 1.07 bits per heavy atom. The molecule has 0 bridgehead atoms. The van der Waals surface area contributed by atoms with Crippen molar-refractivity contribution in [3.63, 3.8) is 0 Å². The second-order valence-corrected chi connectivity index (χ2v) is 8.08. The molecule has 0 unspecified atom stereocenters. The van der Waals surface area contributed by atoms with Crippen molar-refractivity contribution in [2.75, 3.05) is 18.4 Å². The molecule has 154 valence electrons. The predicted octanol–water partition coefficient (Wildman–Crippen LogP) is 5.61. The van der Waals surface area contributed by atoms with Gasteiger partial charge in [-0.1, -0.05) is 27.5 Å². The molecule has 3 rings (SSSR count). The lowest BCUT2D eigenvalue weighted by molar-refractivity contribution is -0.137. The number of amides is 2. The summed E-state index contributed by atoms with van der Waals surface area (Å²) in [6.45, 7) is 0.706. The summed E-state index contributed by atoms with van der Waals surface area (Å²) in [5.74, 6) is -0.782. The van der Waals surface area contributed by atoms with E-state index >= 15 is 0 Å². The van der Waals surface area contributed by atoms with Crippen LogP contribution in [0.5, 0.6) is 0 Å². The van der Waals surface area contributed by atoms with E-state index < -0.39 is 11.7 Å². The smallest absolute Gasteiger partial charge is 0.339 e. The van der Waals surface area contributed by atoms with Crippen molar-refractivity contribution in [3.8, 4) is 0 Å². The minimum absolute atomic E-state index is 0.171. The fraction of sp³-hybridized carbons (Fsp3) is 0.300. The zero-order valence-electron chi connectivity index (χ0n) is 15.1. The molecule has 0 radical (unpaired) electrons. The molecule has 29 heavy (non-hydrogen) atoms. The van der Waals surface area contributed by atoms with E-state index in [1.54, 1.807) is 23.1 Å². The van der Waals surface area contributed by atoms with E-state index in [0.29, 0.717) is 36.6 Å². The minimum Gasteiger partial charge on any atom is -0.339 e. The number of nitrogens with zero attached hydrogens (tertiary/aromatic N) is 1. The zero-order valence-corrected chi connectivity index (χ0v) is 17.4. The topological polar surface area (TPSA) is 49.4 Å². The molecule has 1 aliphatic rings. The van der Waals surface area contributed by atoms with E-state index in [0.717, 1.165) is 16.6 Å². The normalized spacial score (nSPS) is 15.3. The Kier molecular flexibility index (Phi) is 6.53. The van der Waals surface area contributed by atoms with Gasteiger partial charge >= 0.3 is 6.18 Å². The molecule has 0 spiro atoms. The van der Waals surface area contributed by atoms with Gasteiger partial charge in [-0.05, 0) is 55.3 Å². The molecule has 0 saturated carbocycles. The number of benzene rings is 2. The minimum atomic E-state index is -4.44. The summed E-state index contributed by atoms with van der Waals surface area (Å²) in [6, 6.07) is 9.31. The largest absolute Gasteiger partial charge is 0.416 e. The summed E-state index contributed by atoms with van der Waals surface area (Å²) < 4.78 is 38.8. The number of hydrogen-bond donors (Lipinski definition) is 1. The van der Waals surface area contributed by atoms with Crippen molar-refractivity contribution in [1.29, 1.82) is 0 Å². The van der Waals surface area contributed by atoms with Gasteiger partial charge in [0.2, 0.25) is 5.91 Å². The Hall–Kier alpha value is -2.06. The molecule has 2 aromatic carbocycles. The van der Waals surface area contributed by atoms with Gasteiger partial charge in [-0.15, -0.1) is 0 Å². The third kappa shape index (κ3) is 5.30. The van der Waals surface area contributed by atoms with E-state index in [9.17, 15) is 22.8 Å². The van der Waals surface area contributed by atoms with Gasteiger partial charge in [0.15, 0.2) is 0 Å². The molecule has 4 nitrogen and oxygen atoms in total. The van der Waals surface area contributed by atoms with Crippen LogP contribution in [0.1, 0.15) is 28.8 Å². The van der Waals surface area contributed by atoms with Crippen LogP contribution >= 0.6 is 27.5 Å². The molecular weight excluding hydrogens is 473 g/mol. The maximum Gasteiger partial charge on any atom is 0.416 e. The number of likely N-dealkylation sites (tertiary alicyclic amines) is 1. The van der Waals surface area contributed by atoms with E-state index in [1.807, 2.05) is 0 Å². The summed E-state index contributed by atoms with van der Waals surface area (Å²) in [6.07, 6.45) is -3.51. The number of nitrogens with one attached hydrogen (secondary N) is 1. The van der Waals surface area contributed by atoms with Gasteiger partial charge in [0.25, 0.3) is 5.91 Å². The number of carbonyl (C=O) groups excluding carboxylic acids is 2.